The summed E-state index contributed by atoms with van der Waals surface area (Å²) in [5, 5.41) is 0. The first-order chi connectivity index (χ1) is 17.4. The molecule has 0 amide bonds. The summed E-state index contributed by atoms with van der Waals surface area (Å²) in [6, 6.07) is 28.4. The average Bonchev–Trinajstić information content (AvgIpc) is 2.89. The molecule has 5 heteroatoms. The summed E-state index contributed by atoms with van der Waals surface area (Å²) in [5.41, 5.74) is 6.88. The monoisotopic (exact) mass is 494 g/mol. The van der Waals surface area contributed by atoms with Crippen LogP contribution in [0, 0.1) is 13.8 Å². The van der Waals surface area contributed by atoms with Gasteiger partial charge in [0, 0.05) is 11.8 Å². The Bertz CT molecular complexity index is 1500. The first-order valence-corrected chi connectivity index (χ1v) is 13.6. The molecule has 0 unspecified atom stereocenters. The minimum absolute atomic E-state index is 0.305. The van der Waals surface area contributed by atoms with E-state index in [1.165, 1.54) is 0 Å². The van der Waals surface area contributed by atoms with Gasteiger partial charge in [-0.1, -0.05) is 96.1 Å². The first kappa shape index (κ1) is 24.2. The van der Waals surface area contributed by atoms with E-state index in [1.54, 1.807) is 16.4 Å². The quantitative estimate of drug-likeness (QED) is 0.276. The first-order valence-electron chi connectivity index (χ1n) is 12.2. The predicted octanol–water partition coefficient (Wildman–Crippen LogP) is 7.19. The number of sulfonamides is 1. The molecule has 1 aromatic heterocycles. The summed E-state index contributed by atoms with van der Waals surface area (Å²) in [4.78, 5) is 5.10. The van der Waals surface area contributed by atoms with Crippen LogP contribution in [0.5, 0.6) is 0 Å². The van der Waals surface area contributed by atoms with Crippen LogP contribution in [-0.4, -0.2) is 17.7 Å². The van der Waals surface area contributed by atoms with E-state index in [1.807, 2.05) is 99.8 Å². The van der Waals surface area contributed by atoms with Gasteiger partial charge in [-0.3, -0.25) is 4.98 Å². The lowest BCUT2D eigenvalue weighted by Gasteiger charge is -2.41. The molecule has 0 bridgehead atoms. The minimum Gasteiger partial charge on any atom is -0.256 e. The van der Waals surface area contributed by atoms with Gasteiger partial charge in [-0.05, 0) is 56.0 Å². The van der Waals surface area contributed by atoms with Crippen molar-refractivity contribution in [2.45, 2.75) is 44.2 Å². The summed E-state index contributed by atoms with van der Waals surface area (Å²) in [5.74, 6) is 0. The molecule has 0 spiro atoms. The van der Waals surface area contributed by atoms with E-state index in [-0.39, 0.29) is 6.04 Å². The summed E-state index contributed by atoms with van der Waals surface area (Å²) in [6.45, 7) is 6.02. The third-order valence-corrected chi connectivity index (χ3v) is 8.79. The van der Waals surface area contributed by atoms with Crippen LogP contribution in [0.1, 0.15) is 47.7 Å². The molecule has 3 aromatic carbocycles. The van der Waals surface area contributed by atoms with Crippen molar-refractivity contribution in [1.29, 1.82) is 0 Å². The zero-order valence-electron chi connectivity index (χ0n) is 20.8. The molecule has 0 N–H and O–H groups in total. The fourth-order valence-electron chi connectivity index (χ4n) is 5.04. The number of aryl methyl sites for hydroxylation is 2. The van der Waals surface area contributed by atoms with Crippen LogP contribution in [0.15, 0.2) is 114 Å². The molecule has 0 saturated heterocycles. The van der Waals surface area contributed by atoms with E-state index >= 15 is 0 Å². The molecule has 0 aliphatic carbocycles. The van der Waals surface area contributed by atoms with Gasteiger partial charge in [-0.2, -0.15) is 4.31 Å². The Morgan fingerprint density at radius 3 is 2.08 bits per heavy atom. The molecule has 4 nitrogen and oxygen atoms in total. The van der Waals surface area contributed by atoms with Crippen LogP contribution in [0.4, 0.5) is 0 Å². The van der Waals surface area contributed by atoms with E-state index in [2.05, 4.69) is 12.1 Å². The Kier molecular flexibility index (Phi) is 6.61. The molecule has 182 valence electrons. The molecule has 0 fully saturated rings. The summed E-state index contributed by atoms with van der Waals surface area (Å²) in [7, 11) is -3.82. The van der Waals surface area contributed by atoms with Gasteiger partial charge in [-0.25, -0.2) is 8.42 Å². The molecule has 2 heterocycles. The highest BCUT2D eigenvalue weighted by Gasteiger charge is 2.41. The topological polar surface area (TPSA) is 50.3 Å². The third kappa shape index (κ3) is 4.52. The number of aromatic nitrogens is 1. The molecule has 0 saturated carbocycles. The fraction of sp³-hybridized carbons (Fsp3) is 0.194. The smallest absolute Gasteiger partial charge is 0.244 e. The maximum atomic E-state index is 14.3. The van der Waals surface area contributed by atoms with Crippen LogP contribution in [0.2, 0.25) is 0 Å². The molecule has 1 aliphatic heterocycles. The van der Waals surface area contributed by atoms with Gasteiger partial charge in [0.05, 0.1) is 22.7 Å². The molecule has 36 heavy (non-hydrogen) atoms. The maximum Gasteiger partial charge on any atom is 0.244 e. The van der Waals surface area contributed by atoms with E-state index < -0.39 is 16.1 Å². The Balaban J connectivity index is 1.65. The van der Waals surface area contributed by atoms with Crippen molar-refractivity contribution < 1.29 is 8.42 Å². The highest BCUT2D eigenvalue weighted by molar-refractivity contribution is 7.89. The van der Waals surface area contributed by atoms with Crippen LogP contribution in [0.25, 0.3) is 11.3 Å². The Morgan fingerprint density at radius 2 is 1.44 bits per heavy atom. The standard InChI is InChI=1S/C31H30N2O2S/c1-22-14-17-28(18-15-22)36(34,35)33-29(19-16-23(2)31(33)26-12-8-5-9-13-26)27-20-24(3)30(32-21-27)25-10-6-4-7-11-25/h4-18,20-21,29,31H,19H2,1-3H3/t29-,31-/m1/s1. The highest BCUT2D eigenvalue weighted by Crippen LogP contribution is 2.45. The number of rotatable bonds is 5. The largest absolute Gasteiger partial charge is 0.256 e. The molecular weight excluding hydrogens is 464 g/mol. The Labute approximate surface area is 214 Å². The zero-order valence-corrected chi connectivity index (χ0v) is 21.6. The molecule has 4 aromatic rings. The maximum absolute atomic E-state index is 14.3. The van der Waals surface area contributed by atoms with E-state index in [9.17, 15) is 8.42 Å². The van der Waals surface area contributed by atoms with Crippen molar-refractivity contribution in [3.63, 3.8) is 0 Å². The molecule has 1 aliphatic rings. The second-order valence-electron chi connectivity index (χ2n) is 9.46. The number of benzene rings is 3. The fourth-order valence-corrected chi connectivity index (χ4v) is 6.87. The average molecular weight is 495 g/mol. The SMILES string of the molecule is CC1=CC[C@H](c2cnc(-c3ccccc3)c(C)c2)N(S(=O)(=O)c2ccc(C)cc2)[C@H]1c1ccccc1. The van der Waals surface area contributed by atoms with Crippen LogP contribution in [-0.2, 0) is 10.0 Å². The van der Waals surface area contributed by atoms with E-state index in [0.717, 1.165) is 39.1 Å². The zero-order chi connectivity index (χ0) is 25.3. The number of hydrogen-bond acceptors (Lipinski definition) is 3. The lowest BCUT2D eigenvalue weighted by molar-refractivity contribution is 0.261. The molecule has 0 radical (unpaired) electrons. The van der Waals surface area contributed by atoms with Gasteiger partial charge in [-0.15, -0.1) is 0 Å². The Hall–Kier alpha value is -3.54. The van der Waals surface area contributed by atoms with Crippen molar-refractivity contribution in [1.82, 2.24) is 9.29 Å². The van der Waals surface area contributed by atoms with E-state index in [0.29, 0.717) is 11.3 Å². The predicted molar refractivity (Wildman–Crippen MR) is 145 cm³/mol. The Morgan fingerprint density at radius 1 is 0.806 bits per heavy atom. The van der Waals surface area contributed by atoms with Crippen molar-refractivity contribution in [2.75, 3.05) is 0 Å². The number of nitrogens with zero attached hydrogens (tertiary/aromatic N) is 2. The van der Waals surface area contributed by atoms with Gasteiger partial charge in [0.2, 0.25) is 10.0 Å². The van der Waals surface area contributed by atoms with Crippen molar-refractivity contribution in [3.8, 4) is 11.3 Å². The van der Waals surface area contributed by atoms with Crippen LogP contribution < -0.4 is 0 Å². The van der Waals surface area contributed by atoms with Gasteiger partial charge in [0.1, 0.15) is 0 Å². The summed E-state index contributed by atoms with van der Waals surface area (Å²) >= 11 is 0. The minimum atomic E-state index is -3.82. The second kappa shape index (κ2) is 9.84. The van der Waals surface area contributed by atoms with Gasteiger partial charge >= 0.3 is 0 Å². The summed E-state index contributed by atoms with van der Waals surface area (Å²) in [6.07, 6.45) is 4.60. The van der Waals surface area contributed by atoms with Crippen molar-refractivity contribution >= 4 is 10.0 Å². The lowest BCUT2D eigenvalue weighted by Crippen LogP contribution is -2.40. The summed E-state index contributed by atoms with van der Waals surface area (Å²) < 4.78 is 30.2. The number of hydrogen-bond donors (Lipinski definition) is 0. The normalized spacial score (nSPS) is 18.6. The van der Waals surface area contributed by atoms with Crippen molar-refractivity contribution in [3.05, 3.63) is 131 Å². The molecule has 2 atom stereocenters. The molecule has 5 rings (SSSR count). The lowest BCUT2D eigenvalue weighted by atomic mass is 9.90. The second-order valence-corrected chi connectivity index (χ2v) is 11.3. The number of pyridine rings is 1. The van der Waals surface area contributed by atoms with Crippen molar-refractivity contribution in [2.24, 2.45) is 0 Å². The van der Waals surface area contributed by atoms with Crippen LogP contribution in [0.3, 0.4) is 0 Å². The van der Waals surface area contributed by atoms with Gasteiger partial charge in [0.15, 0.2) is 0 Å². The third-order valence-electron chi connectivity index (χ3n) is 6.90. The van der Waals surface area contributed by atoms with Gasteiger partial charge in [0.25, 0.3) is 0 Å². The van der Waals surface area contributed by atoms with Crippen LogP contribution >= 0.6 is 0 Å². The molecular formula is C31H30N2O2S. The highest BCUT2D eigenvalue weighted by atomic mass is 32.2. The van der Waals surface area contributed by atoms with E-state index in [4.69, 9.17) is 4.98 Å². The van der Waals surface area contributed by atoms with Gasteiger partial charge < -0.3 is 0 Å².